The third-order valence-corrected chi connectivity index (χ3v) is 6.69. The third-order valence-electron chi connectivity index (χ3n) is 3.80. The summed E-state index contributed by atoms with van der Waals surface area (Å²) >= 11 is 9.24. The quantitative estimate of drug-likeness (QED) is 0.679. The number of nitrogens with zero attached hydrogens (tertiary/aromatic N) is 5. The predicted molar refractivity (Wildman–Crippen MR) is 91.7 cm³/mol. The zero-order valence-electron chi connectivity index (χ0n) is 13.0. The number of hydrogen-bond acceptors (Lipinski definition) is 7. The minimum atomic E-state index is -3.62. The van der Waals surface area contributed by atoms with E-state index in [9.17, 15) is 8.42 Å². The van der Waals surface area contributed by atoms with Gasteiger partial charge in [0.1, 0.15) is 16.4 Å². The Morgan fingerprint density at radius 1 is 1.25 bits per heavy atom. The number of aromatic nitrogens is 3. The van der Waals surface area contributed by atoms with Gasteiger partial charge >= 0.3 is 0 Å². The van der Waals surface area contributed by atoms with Gasteiger partial charge in [-0.1, -0.05) is 5.16 Å². The van der Waals surface area contributed by atoms with Crippen LogP contribution in [0.4, 0.5) is 5.82 Å². The normalized spacial score (nSPS) is 16.6. The summed E-state index contributed by atoms with van der Waals surface area (Å²) in [6, 6.07) is 0. The molecule has 1 aliphatic rings. The molecule has 3 rings (SSSR count). The van der Waals surface area contributed by atoms with Gasteiger partial charge in [-0.2, -0.15) is 9.29 Å². The average Bonchev–Trinajstić information content (AvgIpc) is 2.89. The maximum atomic E-state index is 12.8. The van der Waals surface area contributed by atoms with E-state index in [2.05, 4.69) is 31.1 Å². The highest BCUT2D eigenvalue weighted by atomic mass is 79.9. The molecule has 1 saturated heterocycles. The van der Waals surface area contributed by atoms with Crippen LogP contribution in [0.2, 0.25) is 5.28 Å². The second kappa shape index (κ2) is 6.58. The fourth-order valence-corrected chi connectivity index (χ4v) is 4.96. The van der Waals surface area contributed by atoms with Crippen molar-refractivity contribution in [3.8, 4) is 0 Å². The van der Waals surface area contributed by atoms with E-state index < -0.39 is 10.0 Å². The Morgan fingerprint density at radius 3 is 2.50 bits per heavy atom. The van der Waals surface area contributed by atoms with E-state index >= 15 is 0 Å². The molecule has 0 unspecified atom stereocenters. The van der Waals surface area contributed by atoms with Crippen molar-refractivity contribution in [2.75, 3.05) is 31.1 Å². The van der Waals surface area contributed by atoms with Gasteiger partial charge in [0.15, 0.2) is 5.76 Å². The Hall–Kier alpha value is -1.23. The molecule has 0 saturated carbocycles. The van der Waals surface area contributed by atoms with Gasteiger partial charge in [-0.25, -0.2) is 13.4 Å². The standard InChI is InChI=1S/C13H15BrClN5O3S/c1-8-11(9(2)23-18-8)24(21,22)20-5-3-19(4-6-20)12-10(14)7-16-13(15)17-12/h7H,3-6H2,1-2H3. The van der Waals surface area contributed by atoms with Crippen molar-refractivity contribution in [3.05, 3.63) is 27.4 Å². The van der Waals surface area contributed by atoms with Gasteiger partial charge < -0.3 is 9.42 Å². The van der Waals surface area contributed by atoms with Crippen molar-refractivity contribution in [1.82, 2.24) is 19.4 Å². The number of sulfonamides is 1. The molecule has 0 bridgehead atoms. The molecule has 0 N–H and O–H groups in total. The van der Waals surface area contributed by atoms with Crippen LogP contribution in [0.15, 0.2) is 20.1 Å². The van der Waals surface area contributed by atoms with Crippen LogP contribution in [0.3, 0.4) is 0 Å². The lowest BCUT2D eigenvalue weighted by atomic mass is 10.3. The van der Waals surface area contributed by atoms with Gasteiger partial charge in [0.2, 0.25) is 15.3 Å². The van der Waals surface area contributed by atoms with Crippen molar-refractivity contribution in [3.63, 3.8) is 0 Å². The minimum absolute atomic E-state index is 0.152. The fourth-order valence-electron chi connectivity index (χ4n) is 2.67. The molecule has 24 heavy (non-hydrogen) atoms. The molecule has 11 heteroatoms. The Kier molecular flexibility index (Phi) is 4.82. The summed E-state index contributed by atoms with van der Waals surface area (Å²) in [5, 5.41) is 3.88. The summed E-state index contributed by atoms with van der Waals surface area (Å²) in [6.45, 7) is 4.88. The Bertz CT molecular complexity index is 845. The predicted octanol–water partition coefficient (Wildman–Crippen LogP) is 2.01. The van der Waals surface area contributed by atoms with Gasteiger partial charge in [-0.3, -0.25) is 0 Å². The third kappa shape index (κ3) is 3.15. The van der Waals surface area contributed by atoms with Crippen molar-refractivity contribution < 1.29 is 12.9 Å². The van der Waals surface area contributed by atoms with Crippen LogP contribution in [0, 0.1) is 13.8 Å². The highest BCUT2D eigenvalue weighted by Crippen LogP contribution is 2.28. The highest BCUT2D eigenvalue weighted by Gasteiger charge is 2.33. The minimum Gasteiger partial charge on any atom is -0.360 e. The maximum absolute atomic E-state index is 12.8. The number of hydrogen-bond donors (Lipinski definition) is 0. The molecular formula is C13H15BrClN5O3S. The molecule has 1 aliphatic heterocycles. The van der Waals surface area contributed by atoms with Crippen LogP contribution < -0.4 is 4.90 Å². The molecule has 2 aromatic heterocycles. The number of piperazine rings is 1. The van der Waals surface area contributed by atoms with Crippen molar-refractivity contribution >= 4 is 43.4 Å². The molecule has 0 aromatic carbocycles. The smallest absolute Gasteiger partial charge is 0.248 e. The van der Waals surface area contributed by atoms with E-state index in [-0.39, 0.29) is 10.2 Å². The van der Waals surface area contributed by atoms with Crippen LogP contribution in [-0.2, 0) is 10.0 Å². The maximum Gasteiger partial charge on any atom is 0.248 e. The Balaban J connectivity index is 1.79. The summed E-state index contributed by atoms with van der Waals surface area (Å²) < 4.78 is 32.8. The lowest BCUT2D eigenvalue weighted by Gasteiger charge is -2.34. The molecule has 8 nitrogen and oxygen atoms in total. The second-order valence-electron chi connectivity index (χ2n) is 5.36. The van der Waals surface area contributed by atoms with E-state index in [0.29, 0.717) is 47.9 Å². The molecule has 3 heterocycles. The molecule has 0 amide bonds. The first-order chi connectivity index (χ1) is 11.3. The van der Waals surface area contributed by atoms with Crippen LogP contribution in [0.1, 0.15) is 11.5 Å². The van der Waals surface area contributed by atoms with Gasteiger partial charge in [-0.05, 0) is 41.4 Å². The van der Waals surface area contributed by atoms with Crippen molar-refractivity contribution in [2.24, 2.45) is 0 Å². The van der Waals surface area contributed by atoms with E-state index in [1.165, 1.54) is 4.31 Å². The topological polar surface area (TPSA) is 92.4 Å². The molecular weight excluding hydrogens is 422 g/mol. The summed E-state index contributed by atoms with van der Waals surface area (Å²) in [4.78, 5) is 10.2. The molecule has 2 aromatic rings. The molecule has 0 aliphatic carbocycles. The van der Waals surface area contributed by atoms with Crippen LogP contribution in [-0.4, -0.2) is 54.0 Å². The summed E-state index contributed by atoms with van der Waals surface area (Å²) in [7, 11) is -3.62. The van der Waals surface area contributed by atoms with Gasteiger partial charge in [0.05, 0.1) is 4.47 Å². The Morgan fingerprint density at radius 2 is 1.92 bits per heavy atom. The number of anilines is 1. The molecule has 0 spiro atoms. The van der Waals surface area contributed by atoms with Crippen LogP contribution >= 0.6 is 27.5 Å². The van der Waals surface area contributed by atoms with Crippen molar-refractivity contribution in [1.29, 1.82) is 0 Å². The summed E-state index contributed by atoms with van der Waals surface area (Å²) in [5.74, 6) is 0.963. The molecule has 0 atom stereocenters. The fraction of sp³-hybridized carbons (Fsp3) is 0.462. The number of rotatable bonds is 3. The molecule has 0 radical (unpaired) electrons. The first kappa shape index (κ1) is 17.6. The van der Waals surface area contributed by atoms with Crippen LogP contribution in [0.5, 0.6) is 0 Å². The van der Waals surface area contributed by atoms with Crippen LogP contribution in [0.25, 0.3) is 0 Å². The van der Waals surface area contributed by atoms with E-state index in [1.807, 2.05) is 4.90 Å². The largest absolute Gasteiger partial charge is 0.360 e. The lowest BCUT2D eigenvalue weighted by Crippen LogP contribution is -2.49. The van der Waals surface area contributed by atoms with E-state index in [0.717, 1.165) is 0 Å². The first-order valence-electron chi connectivity index (χ1n) is 7.16. The SMILES string of the molecule is Cc1noc(C)c1S(=O)(=O)N1CCN(c2nc(Cl)ncc2Br)CC1. The zero-order valence-corrected chi connectivity index (χ0v) is 16.2. The first-order valence-corrected chi connectivity index (χ1v) is 9.78. The average molecular weight is 437 g/mol. The number of halogens is 2. The van der Waals surface area contributed by atoms with Crippen molar-refractivity contribution in [2.45, 2.75) is 18.7 Å². The Labute approximate surface area is 153 Å². The highest BCUT2D eigenvalue weighted by molar-refractivity contribution is 9.10. The van der Waals surface area contributed by atoms with Gasteiger partial charge in [-0.15, -0.1) is 0 Å². The summed E-state index contributed by atoms with van der Waals surface area (Å²) in [5.41, 5.74) is 0.375. The summed E-state index contributed by atoms with van der Waals surface area (Å²) in [6.07, 6.45) is 1.58. The van der Waals surface area contributed by atoms with Gasteiger partial charge in [0, 0.05) is 32.4 Å². The van der Waals surface area contributed by atoms with E-state index in [1.54, 1.807) is 20.0 Å². The number of aryl methyl sites for hydroxylation is 2. The monoisotopic (exact) mass is 435 g/mol. The zero-order chi connectivity index (χ0) is 17.5. The molecule has 1 fully saturated rings. The van der Waals surface area contributed by atoms with E-state index in [4.69, 9.17) is 16.1 Å². The van der Waals surface area contributed by atoms with Gasteiger partial charge in [0.25, 0.3) is 0 Å². The lowest BCUT2D eigenvalue weighted by molar-refractivity contribution is 0.377. The molecule has 130 valence electrons. The second-order valence-corrected chi connectivity index (χ2v) is 8.42.